The van der Waals surface area contributed by atoms with Gasteiger partial charge in [-0.05, 0) is 43.2 Å². The first-order valence-electron chi connectivity index (χ1n) is 6.67. The number of rotatable bonds is 5. The number of nitrogens with one attached hydrogen (secondary N) is 1. The van der Waals surface area contributed by atoms with Gasteiger partial charge in [-0.25, -0.2) is 13.4 Å². The van der Waals surface area contributed by atoms with Gasteiger partial charge in [-0.15, -0.1) is 0 Å². The van der Waals surface area contributed by atoms with Crippen molar-refractivity contribution in [2.45, 2.75) is 31.3 Å². The third kappa shape index (κ3) is 3.80. The Kier molecular flexibility index (Phi) is 4.59. The molecule has 1 aromatic carbocycles. The van der Waals surface area contributed by atoms with Crippen molar-refractivity contribution in [2.24, 2.45) is 0 Å². The minimum absolute atomic E-state index is 0.107. The zero-order chi connectivity index (χ0) is 15.5. The van der Waals surface area contributed by atoms with Gasteiger partial charge in [0.1, 0.15) is 5.82 Å². The van der Waals surface area contributed by atoms with Crippen molar-refractivity contribution in [1.82, 2.24) is 4.98 Å². The number of nitrogens with zero attached hydrogens (tertiary/aromatic N) is 1. The Hall–Kier alpha value is -1.92. The van der Waals surface area contributed by atoms with Gasteiger partial charge in [0.05, 0.1) is 11.0 Å². The van der Waals surface area contributed by atoms with Gasteiger partial charge in [0.2, 0.25) is 0 Å². The summed E-state index contributed by atoms with van der Waals surface area (Å²) in [6.07, 6.45) is -0.145. The number of benzene rings is 1. The lowest BCUT2D eigenvalue weighted by Gasteiger charge is -2.11. The number of pyridine rings is 1. The highest BCUT2D eigenvalue weighted by atomic mass is 32.2. The summed E-state index contributed by atoms with van der Waals surface area (Å²) in [6.45, 7) is 3.62. The second kappa shape index (κ2) is 6.24. The maximum atomic E-state index is 12.3. The van der Waals surface area contributed by atoms with Gasteiger partial charge in [-0.3, -0.25) is 4.72 Å². The molecule has 6 heteroatoms. The first kappa shape index (κ1) is 15.5. The predicted molar refractivity (Wildman–Crippen MR) is 81.5 cm³/mol. The monoisotopic (exact) mass is 306 g/mol. The normalized spacial score (nSPS) is 12.9. The van der Waals surface area contributed by atoms with Gasteiger partial charge >= 0.3 is 0 Å². The van der Waals surface area contributed by atoms with Gasteiger partial charge in [-0.2, -0.15) is 0 Å². The zero-order valence-corrected chi connectivity index (χ0v) is 12.8. The third-order valence-electron chi connectivity index (χ3n) is 3.07. The SMILES string of the molecule is CCC(O)c1cccc(S(=O)(=O)Nc2cccc(C)n2)c1. The number of aliphatic hydroxyl groups excluding tert-OH is 1. The van der Waals surface area contributed by atoms with E-state index in [-0.39, 0.29) is 10.7 Å². The van der Waals surface area contributed by atoms with Crippen molar-refractivity contribution in [3.8, 4) is 0 Å². The summed E-state index contributed by atoms with van der Waals surface area (Å²) < 4.78 is 27.1. The van der Waals surface area contributed by atoms with Crippen LogP contribution in [0.2, 0.25) is 0 Å². The fourth-order valence-electron chi connectivity index (χ4n) is 1.92. The van der Waals surface area contributed by atoms with Gasteiger partial charge < -0.3 is 5.11 Å². The van der Waals surface area contributed by atoms with Crippen LogP contribution in [0.1, 0.15) is 30.7 Å². The summed E-state index contributed by atoms with van der Waals surface area (Å²) in [7, 11) is -3.72. The fourth-order valence-corrected chi connectivity index (χ4v) is 2.98. The molecule has 1 heterocycles. The van der Waals surface area contributed by atoms with Crippen LogP contribution in [0.3, 0.4) is 0 Å². The van der Waals surface area contributed by atoms with Crippen LogP contribution in [0, 0.1) is 6.92 Å². The van der Waals surface area contributed by atoms with Crippen molar-refractivity contribution in [2.75, 3.05) is 4.72 Å². The van der Waals surface area contributed by atoms with Gasteiger partial charge in [-0.1, -0.05) is 25.1 Å². The maximum absolute atomic E-state index is 12.3. The Morgan fingerprint density at radius 3 is 2.62 bits per heavy atom. The maximum Gasteiger partial charge on any atom is 0.263 e. The van der Waals surface area contributed by atoms with Crippen molar-refractivity contribution >= 4 is 15.8 Å². The lowest BCUT2D eigenvalue weighted by atomic mass is 10.1. The van der Waals surface area contributed by atoms with Crippen molar-refractivity contribution in [3.63, 3.8) is 0 Å². The van der Waals surface area contributed by atoms with Crippen LogP contribution in [0.15, 0.2) is 47.4 Å². The van der Waals surface area contributed by atoms with E-state index in [0.29, 0.717) is 12.0 Å². The summed E-state index contributed by atoms with van der Waals surface area (Å²) in [6, 6.07) is 11.4. The second-order valence-corrected chi connectivity index (χ2v) is 6.45. The smallest absolute Gasteiger partial charge is 0.263 e. The fraction of sp³-hybridized carbons (Fsp3) is 0.267. The van der Waals surface area contributed by atoms with Crippen molar-refractivity contribution in [1.29, 1.82) is 0 Å². The molecule has 0 saturated heterocycles. The number of aryl methyl sites for hydroxylation is 1. The van der Waals surface area contributed by atoms with Crippen LogP contribution in [0.25, 0.3) is 0 Å². The minimum atomic E-state index is -3.72. The van der Waals surface area contributed by atoms with Gasteiger partial charge in [0.25, 0.3) is 10.0 Å². The Bertz CT molecular complexity index is 729. The molecule has 21 heavy (non-hydrogen) atoms. The first-order valence-corrected chi connectivity index (χ1v) is 8.15. The molecule has 0 saturated carbocycles. The van der Waals surface area contributed by atoms with E-state index in [1.165, 1.54) is 12.1 Å². The van der Waals surface area contributed by atoms with E-state index < -0.39 is 16.1 Å². The van der Waals surface area contributed by atoms with E-state index in [2.05, 4.69) is 9.71 Å². The van der Waals surface area contributed by atoms with Crippen molar-refractivity contribution < 1.29 is 13.5 Å². The quantitative estimate of drug-likeness (QED) is 0.890. The number of anilines is 1. The van der Waals surface area contributed by atoms with Gasteiger partial charge in [0.15, 0.2) is 0 Å². The number of sulfonamides is 1. The molecule has 1 aromatic heterocycles. The van der Waals surface area contributed by atoms with Crippen LogP contribution < -0.4 is 4.72 Å². The summed E-state index contributed by atoms with van der Waals surface area (Å²) >= 11 is 0. The molecule has 0 aliphatic heterocycles. The number of aliphatic hydroxyl groups is 1. The molecule has 0 bridgehead atoms. The Morgan fingerprint density at radius 2 is 1.95 bits per heavy atom. The van der Waals surface area contributed by atoms with Crippen LogP contribution in [-0.4, -0.2) is 18.5 Å². The van der Waals surface area contributed by atoms with Gasteiger partial charge in [0, 0.05) is 5.69 Å². The topological polar surface area (TPSA) is 79.3 Å². The molecule has 2 N–H and O–H groups in total. The zero-order valence-electron chi connectivity index (χ0n) is 11.9. The molecule has 2 rings (SSSR count). The molecule has 112 valence electrons. The highest BCUT2D eigenvalue weighted by Crippen LogP contribution is 2.21. The first-order chi connectivity index (χ1) is 9.92. The van der Waals surface area contributed by atoms with Crippen LogP contribution in [0.5, 0.6) is 0 Å². The van der Waals surface area contributed by atoms with E-state index in [1.807, 2.05) is 6.92 Å². The standard InChI is InChI=1S/C15H18N2O3S/c1-3-14(18)12-7-5-8-13(10-12)21(19,20)17-15-9-4-6-11(2)16-15/h4-10,14,18H,3H2,1-2H3,(H,16,17). The number of aromatic nitrogens is 1. The molecule has 0 fully saturated rings. The van der Waals surface area contributed by atoms with E-state index in [9.17, 15) is 13.5 Å². The molecule has 0 aliphatic rings. The molecule has 1 unspecified atom stereocenters. The lowest BCUT2D eigenvalue weighted by Crippen LogP contribution is -2.14. The molecule has 5 nitrogen and oxygen atoms in total. The summed E-state index contributed by atoms with van der Waals surface area (Å²) in [5, 5.41) is 9.82. The van der Waals surface area contributed by atoms with Crippen LogP contribution >= 0.6 is 0 Å². The van der Waals surface area contributed by atoms with E-state index in [1.54, 1.807) is 37.3 Å². The Labute approximate surface area is 124 Å². The van der Waals surface area contributed by atoms with Crippen LogP contribution in [0.4, 0.5) is 5.82 Å². The summed E-state index contributed by atoms with van der Waals surface area (Å²) in [4.78, 5) is 4.23. The molecule has 0 spiro atoms. The Morgan fingerprint density at radius 1 is 1.24 bits per heavy atom. The van der Waals surface area contributed by atoms with Crippen LogP contribution in [-0.2, 0) is 10.0 Å². The largest absolute Gasteiger partial charge is 0.388 e. The summed E-state index contributed by atoms with van der Waals surface area (Å²) in [5.41, 5.74) is 1.31. The summed E-state index contributed by atoms with van der Waals surface area (Å²) in [5.74, 6) is 0.274. The molecular weight excluding hydrogens is 288 g/mol. The average Bonchev–Trinajstić information content (AvgIpc) is 2.46. The number of hydrogen-bond donors (Lipinski definition) is 2. The van der Waals surface area contributed by atoms with E-state index >= 15 is 0 Å². The molecular formula is C15H18N2O3S. The molecule has 0 aliphatic carbocycles. The van der Waals surface area contributed by atoms with E-state index in [0.717, 1.165) is 5.69 Å². The average molecular weight is 306 g/mol. The molecule has 2 aromatic rings. The Balaban J connectivity index is 2.31. The third-order valence-corrected chi connectivity index (χ3v) is 4.42. The highest BCUT2D eigenvalue weighted by Gasteiger charge is 2.16. The minimum Gasteiger partial charge on any atom is -0.388 e. The molecule has 0 radical (unpaired) electrons. The molecule has 1 atom stereocenters. The lowest BCUT2D eigenvalue weighted by molar-refractivity contribution is 0.173. The predicted octanol–water partition coefficient (Wildman–Crippen LogP) is 2.63. The molecule has 0 amide bonds. The van der Waals surface area contributed by atoms with E-state index in [4.69, 9.17) is 0 Å². The van der Waals surface area contributed by atoms with Crippen molar-refractivity contribution in [3.05, 3.63) is 53.7 Å². The second-order valence-electron chi connectivity index (χ2n) is 4.77. The highest BCUT2D eigenvalue weighted by molar-refractivity contribution is 7.92. The number of hydrogen-bond acceptors (Lipinski definition) is 4.